The molecule has 3 rings (SSSR count). The molecule has 0 bridgehead atoms. The molecule has 0 aliphatic carbocycles. The normalized spacial score (nSPS) is 10.7. The highest BCUT2D eigenvalue weighted by molar-refractivity contribution is 9.10. The number of halogens is 2. The van der Waals surface area contributed by atoms with Crippen LogP contribution in [0.1, 0.15) is 11.1 Å². The first-order valence-corrected chi connectivity index (χ1v) is 10.9. The van der Waals surface area contributed by atoms with Gasteiger partial charge in [0.05, 0.1) is 17.8 Å². The summed E-state index contributed by atoms with van der Waals surface area (Å²) in [6.07, 6.45) is 1.52. The van der Waals surface area contributed by atoms with Crippen LogP contribution in [0.5, 0.6) is 17.2 Å². The quantitative estimate of drug-likeness (QED) is 0.290. The third-order valence-electron chi connectivity index (χ3n) is 4.06. The molecular formula is C23H20Br2N2O4. The van der Waals surface area contributed by atoms with Crippen molar-refractivity contribution in [1.82, 2.24) is 5.43 Å². The Hall–Kier alpha value is -2.84. The van der Waals surface area contributed by atoms with Crippen molar-refractivity contribution in [2.45, 2.75) is 6.61 Å². The second-order valence-electron chi connectivity index (χ2n) is 6.34. The molecule has 1 amide bonds. The van der Waals surface area contributed by atoms with Crippen LogP contribution in [0.4, 0.5) is 0 Å². The lowest BCUT2D eigenvalue weighted by Crippen LogP contribution is -2.24. The van der Waals surface area contributed by atoms with Crippen molar-refractivity contribution in [2.75, 3.05) is 13.7 Å². The van der Waals surface area contributed by atoms with Crippen molar-refractivity contribution < 1.29 is 19.0 Å². The Morgan fingerprint density at radius 3 is 2.48 bits per heavy atom. The molecule has 3 aromatic carbocycles. The zero-order chi connectivity index (χ0) is 22.1. The number of nitrogens with zero attached hydrogens (tertiary/aromatic N) is 1. The first kappa shape index (κ1) is 22.8. The van der Waals surface area contributed by atoms with Gasteiger partial charge >= 0.3 is 0 Å². The van der Waals surface area contributed by atoms with Crippen molar-refractivity contribution in [3.8, 4) is 17.2 Å². The van der Waals surface area contributed by atoms with Crippen molar-refractivity contribution in [3.63, 3.8) is 0 Å². The smallest absolute Gasteiger partial charge is 0.277 e. The van der Waals surface area contributed by atoms with Gasteiger partial charge in [-0.05, 0) is 63.5 Å². The fraction of sp³-hybridized carbons (Fsp3) is 0.130. The average molecular weight is 548 g/mol. The van der Waals surface area contributed by atoms with Crippen LogP contribution in [-0.2, 0) is 11.4 Å². The third-order valence-corrected chi connectivity index (χ3v) is 5.18. The van der Waals surface area contributed by atoms with Crippen molar-refractivity contribution in [3.05, 3.63) is 86.8 Å². The minimum Gasteiger partial charge on any atom is -0.493 e. The summed E-state index contributed by atoms with van der Waals surface area (Å²) in [7, 11) is 1.57. The van der Waals surface area contributed by atoms with Crippen LogP contribution in [0.3, 0.4) is 0 Å². The Kier molecular flexibility index (Phi) is 8.49. The summed E-state index contributed by atoms with van der Waals surface area (Å²) in [6.45, 7) is 0.274. The van der Waals surface area contributed by atoms with E-state index in [9.17, 15) is 4.79 Å². The Bertz CT molecular complexity index is 1040. The number of carbonyl (C=O) groups is 1. The second kappa shape index (κ2) is 11.5. The molecule has 0 radical (unpaired) electrons. The molecule has 0 heterocycles. The van der Waals surface area contributed by atoms with E-state index in [1.807, 2.05) is 48.5 Å². The van der Waals surface area contributed by atoms with Gasteiger partial charge in [-0.3, -0.25) is 4.79 Å². The van der Waals surface area contributed by atoms with Crippen LogP contribution < -0.4 is 19.6 Å². The lowest BCUT2D eigenvalue weighted by molar-refractivity contribution is -0.123. The van der Waals surface area contributed by atoms with Crippen molar-refractivity contribution >= 4 is 44.0 Å². The van der Waals surface area contributed by atoms with E-state index in [0.717, 1.165) is 15.6 Å². The number of hydrogen-bond donors (Lipinski definition) is 1. The molecule has 3 aromatic rings. The highest BCUT2D eigenvalue weighted by Gasteiger charge is 2.11. The van der Waals surface area contributed by atoms with E-state index in [4.69, 9.17) is 14.2 Å². The van der Waals surface area contributed by atoms with Gasteiger partial charge < -0.3 is 14.2 Å². The molecule has 0 saturated heterocycles. The van der Waals surface area contributed by atoms with Crippen LogP contribution in [0, 0.1) is 0 Å². The number of amides is 1. The van der Waals surface area contributed by atoms with Gasteiger partial charge in [0.2, 0.25) is 0 Å². The minimum atomic E-state index is -0.368. The largest absolute Gasteiger partial charge is 0.493 e. The van der Waals surface area contributed by atoms with Gasteiger partial charge in [0.1, 0.15) is 12.4 Å². The summed E-state index contributed by atoms with van der Waals surface area (Å²) in [4.78, 5) is 11.9. The molecule has 0 aliphatic rings. The Morgan fingerprint density at radius 2 is 1.77 bits per heavy atom. The Balaban J connectivity index is 1.56. The molecule has 0 spiro atoms. The monoisotopic (exact) mass is 546 g/mol. The molecule has 0 aromatic heterocycles. The van der Waals surface area contributed by atoms with E-state index in [2.05, 4.69) is 42.4 Å². The number of methoxy groups -OCH3 is 1. The maximum atomic E-state index is 11.9. The van der Waals surface area contributed by atoms with E-state index in [1.165, 1.54) is 6.21 Å². The van der Waals surface area contributed by atoms with Crippen molar-refractivity contribution in [2.24, 2.45) is 5.10 Å². The highest BCUT2D eigenvalue weighted by atomic mass is 79.9. The molecule has 0 fully saturated rings. The van der Waals surface area contributed by atoms with Crippen LogP contribution in [-0.4, -0.2) is 25.8 Å². The molecular weight excluding hydrogens is 528 g/mol. The van der Waals surface area contributed by atoms with Gasteiger partial charge in [-0.2, -0.15) is 5.10 Å². The zero-order valence-corrected chi connectivity index (χ0v) is 19.9. The zero-order valence-electron chi connectivity index (χ0n) is 16.7. The summed E-state index contributed by atoms with van der Waals surface area (Å²) >= 11 is 6.86. The highest BCUT2D eigenvalue weighted by Crippen LogP contribution is 2.36. The van der Waals surface area contributed by atoms with Crippen LogP contribution in [0.15, 0.2) is 80.8 Å². The topological polar surface area (TPSA) is 69.2 Å². The number of ether oxygens (including phenoxy) is 3. The average Bonchev–Trinajstić information content (AvgIpc) is 2.78. The first-order chi connectivity index (χ1) is 15.0. The number of benzene rings is 3. The molecule has 160 valence electrons. The van der Waals surface area contributed by atoms with Gasteiger partial charge in [-0.1, -0.05) is 46.3 Å². The molecule has 31 heavy (non-hydrogen) atoms. The predicted octanol–water partition coefficient (Wildman–Crippen LogP) is 5.33. The molecule has 1 N–H and O–H groups in total. The molecule has 0 saturated carbocycles. The number of nitrogens with one attached hydrogen (secondary N) is 1. The first-order valence-electron chi connectivity index (χ1n) is 9.29. The SMILES string of the molecule is COc1cc(/C=N/NC(=O)COc2ccc(Br)cc2)cc(Br)c1OCc1ccccc1. The van der Waals surface area contributed by atoms with E-state index < -0.39 is 0 Å². The Morgan fingerprint density at radius 1 is 1.03 bits per heavy atom. The van der Waals surface area contributed by atoms with Gasteiger partial charge in [0.25, 0.3) is 5.91 Å². The van der Waals surface area contributed by atoms with Gasteiger partial charge in [0.15, 0.2) is 18.1 Å². The maximum absolute atomic E-state index is 11.9. The van der Waals surface area contributed by atoms with Gasteiger partial charge in [-0.25, -0.2) is 5.43 Å². The van der Waals surface area contributed by atoms with Crippen LogP contribution in [0.25, 0.3) is 0 Å². The molecule has 6 nitrogen and oxygen atoms in total. The van der Waals surface area contributed by atoms with E-state index >= 15 is 0 Å². The van der Waals surface area contributed by atoms with Crippen LogP contribution in [0.2, 0.25) is 0 Å². The summed E-state index contributed by atoms with van der Waals surface area (Å²) in [5.41, 5.74) is 4.22. The fourth-order valence-corrected chi connectivity index (χ4v) is 3.41. The van der Waals surface area contributed by atoms with E-state index in [-0.39, 0.29) is 12.5 Å². The summed E-state index contributed by atoms with van der Waals surface area (Å²) in [5, 5.41) is 3.98. The van der Waals surface area contributed by atoms with Crippen LogP contribution >= 0.6 is 31.9 Å². The number of hydrogen-bond acceptors (Lipinski definition) is 5. The number of rotatable bonds is 9. The predicted molar refractivity (Wildman–Crippen MR) is 127 cm³/mol. The van der Waals surface area contributed by atoms with Gasteiger partial charge in [-0.15, -0.1) is 0 Å². The van der Waals surface area contributed by atoms with E-state index in [0.29, 0.717) is 28.3 Å². The molecule has 0 unspecified atom stereocenters. The minimum absolute atomic E-state index is 0.141. The lowest BCUT2D eigenvalue weighted by Gasteiger charge is -2.13. The van der Waals surface area contributed by atoms with Gasteiger partial charge in [0, 0.05) is 4.47 Å². The number of carbonyl (C=O) groups excluding carboxylic acids is 1. The third kappa shape index (κ3) is 7.11. The lowest BCUT2D eigenvalue weighted by atomic mass is 10.2. The summed E-state index contributed by atoms with van der Waals surface area (Å²) in [5.74, 6) is 1.38. The summed E-state index contributed by atoms with van der Waals surface area (Å²) in [6, 6.07) is 20.7. The molecule has 0 atom stereocenters. The van der Waals surface area contributed by atoms with E-state index in [1.54, 1.807) is 25.3 Å². The van der Waals surface area contributed by atoms with Crippen molar-refractivity contribution in [1.29, 1.82) is 0 Å². The summed E-state index contributed by atoms with van der Waals surface area (Å²) < 4.78 is 18.4. The maximum Gasteiger partial charge on any atom is 0.277 e. The molecule has 8 heteroatoms. The fourth-order valence-electron chi connectivity index (χ4n) is 2.57. The molecule has 0 aliphatic heterocycles. The number of hydrazone groups is 1. The Labute approximate surface area is 197 Å². The standard InChI is InChI=1S/C23H20Br2N2O4/c1-29-21-12-17(11-20(25)23(21)31-14-16-5-3-2-4-6-16)13-26-27-22(28)15-30-19-9-7-18(24)8-10-19/h2-13H,14-15H2,1H3,(H,27,28)/b26-13+. The second-order valence-corrected chi connectivity index (χ2v) is 8.11.